The fourth-order valence-corrected chi connectivity index (χ4v) is 3.43. The number of nitrogens with zero attached hydrogens (tertiary/aromatic N) is 1. The van der Waals surface area contributed by atoms with Crippen LogP contribution in [0, 0.1) is 5.82 Å². The molecule has 0 unspecified atom stereocenters. The first kappa shape index (κ1) is 13.8. The van der Waals surface area contributed by atoms with Crippen LogP contribution in [-0.4, -0.2) is 10.9 Å². The molecule has 0 saturated carbocycles. The number of thiazole rings is 1. The van der Waals surface area contributed by atoms with Crippen molar-refractivity contribution in [3.63, 3.8) is 0 Å². The molecule has 0 radical (unpaired) electrons. The van der Waals surface area contributed by atoms with Gasteiger partial charge in [0.15, 0.2) is 5.13 Å². The highest BCUT2D eigenvalue weighted by Gasteiger charge is 2.13. The Bertz CT molecular complexity index is 1040. The van der Waals surface area contributed by atoms with Crippen molar-refractivity contribution in [3.05, 3.63) is 72.0 Å². The van der Waals surface area contributed by atoms with Crippen molar-refractivity contribution < 1.29 is 9.18 Å². The molecule has 0 aliphatic heterocycles. The Morgan fingerprint density at radius 3 is 2.65 bits per heavy atom. The smallest absolute Gasteiger partial charge is 0.258 e. The van der Waals surface area contributed by atoms with Crippen molar-refractivity contribution in [1.82, 2.24) is 4.98 Å². The van der Waals surface area contributed by atoms with E-state index >= 15 is 0 Å². The third-order valence-corrected chi connectivity index (χ3v) is 4.56. The molecule has 0 fully saturated rings. The van der Waals surface area contributed by atoms with E-state index in [1.165, 1.54) is 17.4 Å². The maximum atomic E-state index is 13.7. The van der Waals surface area contributed by atoms with Crippen molar-refractivity contribution >= 4 is 43.4 Å². The predicted molar refractivity (Wildman–Crippen MR) is 91.5 cm³/mol. The molecule has 3 nitrogen and oxygen atoms in total. The van der Waals surface area contributed by atoms with Gasteiger partial charge in [-0.25, -0.2) is 9.37 Å². The lowest BCUT2D eigenvalue weighted by molar-refractivity contribution is 0.102. The fraction of sp³-hybridized carbons (Fsp3) is 0. The molecule has 0 aliphatic rings. The molecule has 0 aliphatic carbocycles. The van der Waals surface area contributed by atoms with Gasteiger partial charge in [-0.05, 0) is 29.0 Å². The number of carbonyl (C=O) groups is 1. The standard InChI is InChI=1S/C18H11FN2OS/c19-14-9-4-10-15-16(14)20-18(23-15)21-17(22)13-8-3-6-11-5-1-2-7-12(11)13/h1-10H,(H,20,21,22). The third kappa shape index (κ3) is 2.45. The number of amides is 1. The Kier molecular flexibility index (Phi) is 3.28. The lowest BCUT2D eigenvalue weighted by Crippen LogP contribution is -2.12. The van der Waals surface area contributed by atoms with E-state index in [9.17, 15) is 9.18 Å². The van der Waals surface area contributed by atoms with Crippen molar-refractivity contribution in [2.75, 3.05) is 5.32 Å². The second-order valence-corrected chi connectivity index (χ2v) is 6.12. The number of carbonyl (C=O) groups excluding carboxylic acids is 1. The summed E-state index contributed by atoms with van der Waals surface area (Å²) in [6.07, 6.45) is 0. The molecule has 5 heteroatoms. The van der Waals surface area contributed by atoms with E-state index in [-0.39, 0.29) is 17.2 Å². The normalized spacial score (nSPS) is 11.0. The molecule has 1 amide bonds. The second kappa shape index (κ2) is 5.44. The quantitative estimate of drug-likeness (QED) is 0.574. The van der Waals surface area contributed by atoms with Crippen LogP contribution in [0.25, 0.3) is 21.0 Å². The molecule has 4 rings (SSSR count). The first-order valence-electron chi connectivity index (χ1n) is 7.06. The van der Waals surface area contributed by atoms with Crippen LogP contribution in [0.4, 0.5) is 9.52 Å². The predicted octanol–water partition coefficient (Wildman–Crippen LogP) is 4.84. The average Bonchev–Trinajstić information content (AvgIpc) is 2.98. The summed E-state index contributed by atoms with van der Waals surface area (Å²) in [6, 6.07) is 18.0. The first-order chi connectivity index (χ1) is 11.2. The maximum Gasteiger partial charge on any atom is 0.258 e. The van der Waals surface area contributed by atoms with E-state index in [1.54, 1.807) is 18.2 Å². The first-order valence-corrected chi connectivity index (χ1v) is 7.88. The third-order valence-electron chi connectivity index (χ3n) is 3.62. The summed E-state index contributed by atoms with van der Waals surface area (Å²) in [4.78, 5) is 16.7. The maximum absolute atomic E-state index is 13.7. The van der Waals surface area contributed by atoms with Gasteiger partial charge in [-0.15, -0.1) is 0 Å². The van der Waals surface area contributed by atoms with E-state index in [0.717, 1.165) is 10.8 Å². The summed E-state index contributed by atoms with van der Waals surface area (Å²) in [5.41, 5.74) is 0.855. The lowest BCUT2D eigenvalue weighted by atomic mass is 10.0. The minimum atomic E-state index is -0.385. The number of para-hydroxylation sites is 1. The fourth-order valence-electron chi connectivity index (χ4n) is 2.56. The molecule has 0 spiro atoms. The Labute approximate surface area is 135 Å². The van der Waals surface area contributed by atoms with Crippen LogP contribution in [0.2, 0.25) is 0 Å². The van der Waals surface area contributed by atoms with E-state index in [2.05, 4.69) is 10.3 Å². The van der Waals surface area contributed by atoms with Crippen LogP contribution in [-0.2, 0) is 0 Å². The summed E-state index contributed by atoms with van der Waals surface area (Å²) < 4.78 is 14.4. The summed E-state index contributed by atoms with van der Waals surface area (Å²) in [6.45, 7) is 0. The number of halogens is 1. The van der Waals surface area contributed by atoms with Gasteiger partial charge < -0.3 is 0 Å². The molecule has 112 valence electrons. The van der Waals surface area contributed by atoms with Crippen molar-refractivity contribution in [2.45, 2.75) is 0 Å². The monoisotopic (exact) mass is 322 g/mol. The van der Waals surface area contributed by atoms with E-state index in [4.69, 9.17) is 0 Å². The second-order valence-electron chi connectivity index (χ2n) is 5.09. The van der Waals surface area contributed by atoms with Gasteiger partial charge in [-0.2, -0.15) is 0 Å². The van der Waals surface area contributed by atoms with Crippen molar-refractivity contribution in [3.8, 4) is 0 Å². The summed E-state index contributed by atoms with van der Waals surface area (Å²) in [5, 5.41) is 5.03. The largest absolute Gasteiger partial charge is 0.298 e. The highest BCUT2D eigenvalue weighted by atomic mass is 32.1. The van der Waals surface area contributed by atoms with Gasteiger partial charge in [0, 0.05) is 5.56 Å². The Morgan fingerprint density at radius 2 is 1.78 bits per heavy atom. The summed E-state index contributed by atoms with van der Waals surface area (Å²) in [7, 11) is 0. The number of benzene rings is 3. The van der Waals surface area contributed by atoms with E-state index in [0.29, 0.717) is 15.4 Å². The van der Waals surface area contributed by atoms with Gasteiger partial charge in [0.05, 0.1) is 4.70 Å². The Hall–Kier alpha value is -2.79. The number of anilines is 1. The molecule has 0 atom stereocenters. The molecule has 1 N–H and O–H groups in total. The molecule has 4 aromatic rings. The zero-order valence-electron chi connectivity index (χ0n) is 11.9. The topological polar surface area (TPSA) is 42.0 Å². The van der Waals surface area contributed by atoms with Gasteiger partial charge in [-0.1, -0.05) is 53.8 Å². The summed E-state index contributed by atoms with van der Waals surface area (Å²) >= 11 is 1.26. The number of aromatic nitrogens is 1. The summed E-state index contributed by atoms with van der Waals surface area (Å²) in [5.74, 6) is -0.634. The number of hydrogen-bond acceptors (Lipinski definition) is 3. The van der Waals surface area contributed by atoms with Gasteiger partial charge in [-0.3, -0.25) is 10.1 Å². The van der Waals surface area contributed by atoms with Crippen LogP contribution < -0.4 is 5.32 Å². The lowest BCUT2D eigenvalue weighted by Gasteiger charge is -2.05. The minimum Gasteiger partial charge on any atom is -0.298 e. The Balaban J connectivity index is 1.72. The number of fused-ring (bicyclic) bond motifs is 2. The zero-order chi connectivity index (χ0) is 15.8. The van der Waals surface area contributed by atoms with E-state index < -0.39 is 0 Å². The minimum absolute atomic E-state index is 0.249. The van der Waals surface area contributed by atoms with Crippen molar-refractivity contribution in [2.24, 2.45) is 0 Å². The van der Waals surface area contributed by atoms with Gasteiger partial charge >= 0.3 is 0 Å². The molecule has 23 heavy (non-hydrogen) atoms. The molecule has 0 bridgehead atoms. The van der Waals surface area contributed by atoms with Crippen LogP contribution in [0.15, 0.2) is 60.7 Å². The Morgan fingerprint density at radius 1 is 1.00 bits per heavy atom. The number of rotatable bonds is 2. The molecular weight excluding hydrogens is 311 g/mol. The van der Waals surface area contributed by atoms with E-state index in [1.807, 2.05) is 36.4 Å². The van der Waals surface area contributed by atoms with Gasteiger partial charge in [0.25, 0.3) is 5.91 Å². The SMILES string of the molecule is O=C(Nc1nc2c(F)cccc2s1)c1cccc2ccccc12. The molecule has 1 aromatic heterocycles. The van der Waals surface area contributed by atoms with Crippen molar-refractivity contribution in [1.29, 1.82) is 0 Å². The molecule has 3 aromatic carbocycles. The molecule has 0 saturated heterocycles. The highest BCUT2D eigenvalue weighted by molar-refractivity contribution is 7.22. The zero-order valence-corrected chi connectivity index (χ0v) is 12.7. The van der Waals surface area contributed by atoms with Gasteiger partial charge in [0.1, 0.15) is 11.3 Å². The number of hydrogen-bond donors (Lipinski definition) is 1. The van der Waals surface area contributed by atoms with Crippen LogP contribution in [0.5, 0.6) is 0 Å². The van der Waals surface area contributed by atoms with Crippen LogP contribution in [0.3, 0.4) is 0 Å². The van der Waals surface area contributed by atoms with Crippen LogP contribution in [0.1, 0.15) is 10.4 Å². The molecular formula is C18H11FN2OS. The average molecular weight is 322 g/mol. The molecule has 1 heterocycles. The van der Waals surface area contributed by atoms with Crippen LogP contribution >= 0.6 is 11.3 Å². The highest BCUT2D eigenvalue weighted by Crippen LogP contribution is 2.28. The van der Waals surface area contributed by atoms with Gasteiger partial charge in [0.2, 0.25) is 0 Å². The number of nitrogens with one attached hydrogen (secondary N) is 1.